The molecule has 0 aliphatic heterocycles. The SMILES string of the molecule is CC(C)Cn1c(Br)nc2c(F)cccc21. The highest BCUT2D eigenvalue weighted by Crippen LogP contribution is 2.23. The van der Waals surface area contributed by atoms with E-state index in [1.54, 1.807) is 6.07 Å². The average molecular weight is 271 g/mol. The fraction of sp³-hybridized carbons (Fsp3) is 0.364. The Morgan fingerprint density at radius 1 is 1.47 bits per heavy atom. The van der Waals surface area contributed by atoms with Crippen LogP contribution in [0.4, 0.5) is 4.39 Å². The van der Waals surface area contributed by atoms with Gasteiger partial charge in [0.1, 0.15) is 5.52 Å². The van der Waals surface area contributed by atoms with Crippen molar-refractivity contribution in [2.24, 2.45) is 5.92 Å². The monoisotopic (exact) mass is 270 g/mol. The molecule has 0 saturated heterocycles. The van der Waals surface area contributed by atoms with Gasteiger partial charge in [0, 0.05) is 6.54 Å². The minimum Gasteiger partial charge on any atom is -0.318 e. The highest BCUT2D eigenvalue weighted by Gasteiger charge is 2.12. The van der Waals surface area contributed by atoms with Gasteiger partial charge in [-0.2, -0.15) is 0 Å². The molecule has 80 valence electrons. The fourth-order valence-corrected chi connectivity index (χ4v) is 2.14. The third-order valence-corrected chi connectivity index (χ3v) is 2.84. The van der Waals surface area contributed by atoms with Crippen molar-refractivity contribution >= 4 is 27.0 Å². The van der Waals surface area contributed by atoms with Gasteiger partial charge >= 0.3 is 0 Å². The summed E-state index contributed by atoms with van der Waals surface area (Å²) in [5.41, 5.74) is 1.28. The Labute approximate surface area is 96.2 Å². The van der Waals surface area contributed by atoms with Crippen molar-refractivity contribution in [2.45, 2.75) is 20.4 Å². The number of nitrogens with zero attached hydrogens (tertiary/aromatic N) is 2. The molecular weight excluding hydrogens is 259 g/mol. The number of hydrogen-bond acceptors (Lipinski definition) is 1. The minimum absolute atomic E-state index is 0.268. The fourth-order valence-electron chi connectivity index (χ4n) is 1.62. The van der Waals surface area contributed by atoms with E-state index >= 15 is 0 Å². The van der Waals surface area contributed by atoms with Crippen LogP contribution in [-0.2, 0) is 6.54 Å². The smallest absolute Gasteiger partial charge is 0.178 e. The average Bonchev–Trinajstić information content (AvgIpc) is 2.45. The van der Waals surface area contributed by atoms with Crippen LogP contribution in [0.5, 0.6) is 0 Å². The molecule has 0 unspecified atom stereocenters. The normalized spacial score (nSPS) is 11.5. The van der Waals surface area contributed by atoms with Crippen LogP contribution in [-0.4, -0.2) is 9.55 Å². The molecule has 0 fully saturated rings. The number of rotatable bonds is 2. The molecule has 2 nitrogen and oxygen atoms in total. The molecule has 1 heterocycles. The Morgan fingerprint density at radius 2 is 2.20 bits per heavy atom. The maximum absolute atomic E-state index is 13.4. The van der Waals surface area contributed by atoms with Gasteiger partial charge in [0.2, 0.25) is 0 Å². The van der Waals surface area contributed by atoms with Crippen LogP contribution in [0.1, 0.15) is 13.8 Å². The summed E-state index contributed by atoms with van der Waals surface area (Å²) in [6.45, 7) is 5.08. The first-order chi connectivity index (χ1) is 7.09. The Hall–Kier alpha value is -0.900. The molecule has 0 bridgehead atoms. The quantitative estimate of drug-likeness (QED) is 0.816. The van der Waals surface area contributed by atoms with Gasteiger partial charge < -0.3 is 4.57 Å². The lowest BCUT2D eigenvalue weighted by Gasteiger charge is -2.08. The molecule has 0 amide bonds. The molecule has 1 aromatic heterocycles. The predicted octanol–water partition coefficient (Wildman–Crippen LogP) is 3.59. The second-order valence-electron chi connectivity index (χ2n) is 3.99. The van der Waals surface area contributed by atoms with Crippen molar-refractivity contribution in [3.63, 3.8) is 0 Å². The molecule has 4 heteroatoms. The van der Waals surface area contributed by atoms with Crippen molar-refractivity contribution in [2.75, 3.05) is 0 Å². The first-order valence-corrected chi connectivity index (χ1v) is 5.69. The third kappa shape index (κ3) is 1.91. The van der Waals surface area contributed by atoms with Crippen LogP contribution >= 0.6 is 15.9 Å². The highest BCUT2D eigenvalue weighted by atomic mass is 79.9. The lowest BCUT2D eigenvalue weighted by Crippen LogP contribution is -2.04. The second kappa shape index (κ2) is 3.93. The van der Waals surface area contributed by atoms with Gasteiger partial charge in [-0.15, -0.1) is 0 Å². The van der Waals surface area contributed by atoms with E-state index in [1.165, 1.54) is 6.07 Å². The Morgan fingerprint density at radius 3 is 2.87 bits per heavy atom. The van der Waals surface area contributed by atoms with E-state index in [0.717, 1.165) is 12.1 Å². The topological polar surface area (TPSA) is 17.8 Å². The van der Waals surface area contributed by atoms with Gasteiger partial charge in [0.05, 0.1) is 5.52 Å². The van der Waals surface area contributed by atoms with Crippen molar-refractivity contribution in [3.8, 4) is 0 Å². The van der Waals surface area contributed by atoms with E-state index < -0.39 is 0 Å². The first kappa shape index (κ1) is 10.6. The van der Waals surface area contributed by atoms with Crippen LogP contribution < -0.4 is 0 Å². The molecule has 0 atom stereocenters. The summed E-state index contributed by atoms with van der Waals surface area (Å²) < 4.78 is 16.1. The molecular formula is C11H12BrFN2. The van der Waals surface area contributed by atoms with E-state index in [9.17, 15) is 4.39 Å². The summed E-state index contributed by atoms with van der Waals surface area (Å²) in [5.74, 6) is 0.234. The molecule has 2 aromatic rings. The molecule has 0 aliphatic rings. The number of para-hydroxylation sites is 1. The van der Waals surface area contributed by atoms with Gasteiger partial charge in [0.15, 0.2) is 10.6 Å². The number of imidazole rings is 1. The first-order valence-electron chi connectivity index (χ1n) is 4.90. The molecule has 1 aromatic carbocycles. The second-order valence-corrected chi connectivity index (χ2v) is 4.70. The van der Waals surface area contributed by atoms with Crippen LogP contribution in [0.15, 0.2) is 22.9 Å². The van der Waals surface area contributed by atoms with E-state index in [0.29, 0.717) is 16.2 Å². The number of benzene rings is 1. The number of hydrogen-bond donors (Lipinski definition) is 0. The Balaban J connectivity index is 2.63. The van der Waals surface area contributed by atoms with Crippen molar-refractivity contribution < 1.29 is 4.39 Å². The lowest BCUT2D eigenvalue weighted by molar-refractivity contribution is 0.526. The zero-order valence-corrected chi connectivity index (χ0v) is 10.3. The summed E-state index contributed by atoms with van der Waals surface area (Å²) in [6, 6.07) is 5.03. The molecule has 0 N–H and O–H groups in total. The number of halogens is 2. The summed E-state index contributed by atoms with van der Waals surface area (Å²) >= 11 is 3.36. The van der Waals surface area contributed by atoms with Gasteiger partial charge in [-0.05, 0) is 34.0 Å². The van der Waals surface area contributed by atoms with E-state index in [2.05, 4.69) is 34.8 Å². The molecule has 0 saturated carbocycles. The molecule has 15 heavy (non-hydrogen) atoms. The molecule has 0 radical (unpaired) electrons. The van der Waals surface area contributed by atoms with Gasteiger partial charge in [-0.1, -0.05) is 19.9 Å². The Kier molecular flexibility index (Phi) is 2.78. The van der Waals surface area contributed by atoms with Gasteiger partial charge in [-0.3, -0.25) is 0 Å². The zero-order valence-electron chi connectivity index (χ0n) is 8.67. The predicted molar refractivity (Wildman–Crippen MR) is 62.2 cm³/mol. The summed E-state index contributed by atoms with van der Waals surface area (Å²) in [6.07, 6.45) is 0. The summed E-state index contributed by atoms with van der Waals surface area (Å²) in [7, 11) is 0. The van der Waals surface area contributed by atoms with Crippen LogP contribution in [0.2, 0.25) is 0 Å². The maximum atomic E-state index is 13.4. The molecule has 0 aliphatic carbocycles. The van der Waals surface area contributed by atoms with Crippen LogP contribution in [0.3, 0.4) is 0 Å². The standard InChI is InChI=1S/C11H12BrFN2/c1-7(2)6-15-9-5-3-4-8(13)10(9)14-11(15)12/h3-5,7H,6H2,1-2H3. The molecule has 0 spiro atoms. The van der Waals surface area contributed by atoms with Crippen molar-refractivity contribution in [1.29, 1.82) is 0 Å². The van der Waals surface area contributed by atoms with Crippen LogP contribution in [0.25, 0.3) is 11.0 Å². The third-order valence-electron chi connectivity index (χ3n) is 2.23. The van der Waals surface area contributed by atoms with Crippen LogP contribution in [0, 0.1) is 11.7 Å². The van der Waals surface area contributed by atoms with Gasteiger partial charge in [0.25, 0.3) is 0 Å². The van der Waals surface area contributed by atoms with Crippen molar-refractivity contribution in [3.05, 3.63) is 28.7 Å². The molecule has 2 rings (SSSR count). The van der Waals surface area contributed by atoms with Gasteiger partial charge in [-0.25, -0.2) is 9.37 Å². The van der Waals surface area contributed by atoms with Crippen molar-refractivity contribution in [1.82, 2.24) is 9.55 Å². The lowest BCUT2D eigenvalue weighted by atomic mass is 10.2. The Bertz CT molecular complexity index is 491. The highest BCUT2D eigenvalue weighted by molar-refractivity contribution is 9.10. The number of fused-ring (bicyclic) bond motifs is 1. The minimum atomic E-state index is -0.268. The zero-order chi connectivity index (χ0) is 11.0. The van der Waals surface area contributed by atoms with E-state index in [-0.39, 0.29) is 5.82 Å². The van der Waals surface area contributed by atoms with E-state index in [1.807, 2.05) is 10.6 Å². The van der Waals surface area contributed by atoms with E-state index in [4.69, 9.17) is 0 Å². The summed E-state index contributed by atoms with van der Waals surface area (Å²) in [5, 5.41) is 0. The maximum Gasteiger partial charge on any atom is 0.178 e. The largest absolute Gasteiger partial charge is 0.318 e. The summed E-state index contributed by atoms with van der Waals surface area (Å²) in [4.78, 5) is 4.17. The number of aromatic nitrogens is 2.